The number of aliphatic hydroxyl groups excluding tert-OH is 2. The molecule has 10 heteroatoms. The van der Waals surface area contributed by atoms with Crippen molar-refractivity contribution in [2.24, 2.45) is 0 Å². The lowest BCUT2D eigenvalue weighted by atomic mass is 10.1. The monoisotopic (exact) mass is 311 g/mol. The van der Waals surface area contributed by atoms with E-state index in [-0.39, 0.29) is 11.0 Å². The smallest absolute Gasteiger partial charge is 0.302 e. The van der Waals surface area contributed by atoms with Crippen molar-refractivity contribution in [1.29, 1.82) is 0 Å². The Morgan fingerprint density at radius 2 is 2.05 bits per heavy atom. The molecule has 4 unspecified atom stereocenters. The van der Waals surface area contributed by atoms with E-state index in [1.807, 2.05) is 6.92 Å². The highest BCUT2D eigenvalue weighted by atomic mass is 16.6. The van der Waals surface area contributed by atoms with Gasteiger partial charge in [0.25, 0.3) is 0 Å². The first-order chi connectivity index (χ1) is 10.5. The molecule has 0 spiro atoms. The third-order valence-electron chi connectivity index (χ3n) is 3.77. The number of rotatable bonds is 3. The number of aliphatic hydroxyl groups is 2. The fourth-order valence-corrected chi connectivity index (χ4v) is 2.58. The Balaban J connectivity index is 2.12. The van der Waals surface area contributed by atoms with Gasteiger partial charge in [0.05, 0.1) is 11.8 Å². The van der Waals surface area contributed by atoms with Crippen LogP contribution in [0.5, 0.6) is 0 Å². The minimum absolute atomic E-state index is 0.136. The Morgan fingerprint density at radius 1 is 1.32 bits per heavy atom. The first-order valence-corrected chi connectivity index (χ1v) is 7.03. The maximum absolute atomic E-state index is 12.5. The van der Waals surface area contributed by atoms with Gasteiger partial charge in [-0.1, -0.05) is 23.4 Å². The van der Waals surface area contributed by atoms with Gasteiger partial charge < -0.3 is 20.2 Å². The number of fused-ring (bicyclic) bond motifs is 1. The molecule has 0 amide bonds. The lowest BCUT2D eigenvalue weighted by Gasteiger charge is -2.15. The summed E-state index contributed by atoms with van der Waals surface area (Å²) in [6, 6.07) is 0. The molecule has 0 radical (unpaired) electrons. The minimum Gasteiger partial charge on any atom is -0.411 e. The molecule has 0 bridgehead atoms. The second-order valence-corrected chi connectivity index (χ2v) is 5.34. The number of ether oxygens (including phenoxy) is 1. The second-order valence-electron chi connectivity index (χ2n) is 5.34. The molecule has 3 N–H and O–H groups in total. The highest BCUT2D eigenvalue weighted by Crippen LogP contribution is 2.27. The summed E-state index contributed by atoms with van der Waals surface area (Å²) in [5.74, 6) is 0. The van der Waals surface area contributed by atoms with E-state index in [0.29, 0.717) is 17.0 Å². The molecule has 0 aliphatic carbocycles. The molecule has 3 heterocycles. The van der Waals surface area contributed by atoms with Gasteiger partial charge in [-0.25, -0.2) is 0 Å². The first kappa shape index (κ1) is 14.9. The number of aromatic nitrogens is 5. The second kappa shape index (κ2) is 5.30. The van der Waals surface area contributed by atoms with E-state index >= 15 is 0 Å². The summed E-state index contributed by atoms with van der Waals surface area (Å²) in [5, 5.41) is 41.0. The Kier molecular flexibility index (Phi) is 3.59. The van der Waals surface area contributed by atoms with Crippen molar-refractivity contribution in [3.05, 3.63) is 16.0 Å². The van der Waals surface area contributed by atoms with Crippen LogP contribution in [0, 0.1) is 0 Å². The zero-order chi connectivity index (χ0) is 16.0. The molecule has 2 aromatic heterocycles. The van der Waals surface area contributed by atoms with E-state index < -0.39 is 30.1 Å². The van der Waals surface area contributed by atoms with Crippen LogP contribution in [0.15, 0.2) is 4.79 Å². The fraction of sp³-hybridized carbons (Fsp3) is 0.667. The maximum Gasteiger partial charge on any atom is 0.302 e. The normalized spacial score (nSPS) is 28.5. The Bertz CT molecular complexity index is 756. The summed E-state index contributed by atoms with van der Waals surface area (Å²) in [7, 11) is 0. The molecule has 22 heavy (non-hydrogen) atoms. The van der Waals surface area contributed by atoms with Crippen molar-refractivity contribution in [3.8, 4) is 0 Å². The highest BCUT2D eigenvalue weighted by molar-refractivity contribution is 5.75. The molecule has 0 saturated carbocycles. The number of hydrogen-bond acceptors (Lipinski definition) is 8. The fourth-order valence-electron chi connectivity index (χ4n) is 2.58. The van der Waals surface area contributed by atoms with Crippen LogP contribution in [0.25, 0.3) is 11.0 Å². The maximum atomic E-state index is 12.5. The van der Waals surface area contributed by atoms with E-state index in [1.165, 1.54) is 0 Å². The molecular formula is C12H17N5O5. The van der Waals surface area contributed by atoms with Gasteiger partial charge in [-0.2, -0.15) is 4.68 Å². The summed E-state index contributed by atoms with van der Waals surface area (Å²) >= 11 is 0. The molecule has 1 aliphatic heterocycles. The van der Waals surface area contributed by atoms with Gasteiger partial charge in [0.15, 0.2) is 11.7 Å². The topological polar surface area (TPSA) is 136 Å². The zero-order valence-electron chi connectivity index (χ0n) is 12.1. The Labute approximate surface area is 124 Å². The average Bonchev–Trinajstić information content (AvgIpc) is 2.93. The van der Waals surface area contributed by atoms with Gasteiger partial charge in [0.1, 0.15) is 17.7 Å². The minimum atomic E-state index is -1.32. The van der Waals surface area contributed by atoms with Crippen LogP contribution in [0.3, 0.4) is 0 Å². The third-order valence-corrected chi connectivity index (χ3v) is 3.77. The van der Waals surface area contributed by atoms with Crippen LogP contribution in [-0.4, -0.2) is 58.7 Å². The van der Waals surface area contributed by atoms with Crippen molar-refractivity contribution < 1.29 is 20.2 Å². The average molecular weight is 311 g/mol. The van der Waals surface area contributed by atoms with Gasteiger partial charge in [0.2, 0.25) is 0 Å². The van der Waals surface area contributed by atoms with Gasteiger partial charge in [0, 0.05) is 0 Å². The van der Waals surface area contributed by atoms with E-state index in [9.17, 15) is 20.2 Å². The molecule has 4 atom stereocenters. The van der Waals surface area contributed by atoms with Gasteiger partial charge in [-0.15, -0.1) is 10.2 Å². The van der Waals surface area contributed by atoms with E-state index in [2.05, 4.69) is 15.4 Å². The lowest BCUT2D eigenvalue weighted by Crippen LogP contribution is -2.36. The first-order valence-electron chi connectivity index (χ1n) is 7.03. The van der Waals surface area contributed by atoms with Crippen molar-refractivity contribution in [2.75, 3.05) is 0 Å². The largest absolute Gasteiger partial charge is 0.411 e. The summed E-state index contributed by atoms with van der Waals surface area (Å²) in [6.07, 6.45) is -2.96. The van der Waals surface area contributed by atoms with Crippen molar-refractivity contribution in [2.45, 2.75) is 51.2 Å². The third kappa shape index (κ3) is 2.07. The van der Waals surface area contributed by atoms with Crippen LogP contribution in [-0.2, 0) is 11.2 Å². The highest BCUT2D eigenvalue weighted by Gasteiger charge is 2.43. The number of aryl methyl sites for hydroxylation is 1. The summed E-state index contributed by atoms with van der Waals surface area (Å²) in [4.78, 5) is 12.9. The zero-order valence-corrected chi connectivity index (χ0v) is 12.1. The molecule has 0 aromatic carbocycles. The SMILES string of the molecule is CCCc1nn(O)c2c(=O)n(C3OC(C)C(O)C3O)nnc12. The number of hydrogen-bond donors (Lipinski definition) is 3. The predicted octanol–water partition coefficient (Wildman–Crippen LogP) is -1.18. The molecule has 2 aromatic rings. The van der Waals surface area contributed by atoms with Gasteiger partial charge >= 0.3 is 5.56 Å². The Hall–Kier alpha value is -2.04. The molecule has 120 valence electrons. The standard InChI is InChI=1S/C12H17N5O5/c1-3-4-6-7-8(17(21)14-6)11(20)16(15-13-7)12-10(19)9(18)5(2)22-12/h5,9-10,12,18-19,21H,3-4H2,1-2H3. The Morgan fingerprint density at radius 3 is 2.64 bits per heavy atom. The summed E-state index contributed by atoms with van der Waals surface area (Å²) < 4.78 is 6.15. The van der Waals surface area contributed by atoms with Crippen LogP contribution in [0.4, 0.5) is 0 Å². The van der Waals surface area contributed by atoms with Crippen LogP contribution < -0.4 is 5.56 Å². The molecule has 10 nitrogen and oxygen atoms in total. The summed E-state index contributed by atoms with van der Waals surface area (Å²) in [6.45, 7) is 3.50. The van der Waals surface area contributed by atoms with Crippen molar-refractivity contribution in [3.63, 3.8) is 0 Å². The van der Waals surface area contributed by atoms with Crippen LogP contribution in [0.1, 0.15) is 32.2 Å². The molecule has 3 rings (SSSR count). The van der Waals surface area contributed by atoms with Crippen molar-refractivity contribution in [1.82, 2.24) is 24.9 Å². The quantitative estimate of drug-likeness (QED) is 0.602. The number of nitrogens with zero attached hydrogens (tertiary/aromatic N) is 5. The predicted molar refractivity (Wildman–Crippen MR) is 72.4 cm³/mol. The molecular weight excluding hydrogens is 294 g/mol. The lowest BCUT2D eigenvalue weighted by molar-refractivity contribution is -0.0441. The summed E-state index contributed by atoms with van der Waals surface area (Å²) in [5.41, 5.74) is -0.152. The van der Waals surface area contributed by atoms with E-state index in [1.54, 1.807) is 6.92 Å². The van der Waals surface area contributed by atoms with Crippen molar-refractivity contribution >= 4 is 11.0 Å². The van der Waals surface area contributed by atoms with Crippen LogP contribution in [0.2, 0.25) is 0 Å². The molecule has 1 fully saturated rings. The van der Waals surface area contributed by atoms with Gasteiger partial charge in [-0.3, -0.25) is 4.79 Å². The van der Waals surface area contributed by atoms with Gasteiger partial charge in [-0.05, 0) is 13.3 Å². The molecule has 1 aliphatic rings. The molecule has 1 saturated heterocycles. The van der Waals surface area contributed by atoms with E-state index in [4.69, 9.17) is 4.74 Å². The van der Waals surface area contributed by atoms with E-state index in [0.717, 1.165) is 11.1 Å². The van der Waals surface area contributed by atoms with Crippen LogP contribution >= 0.6 is 0 Å².